The normalized spacial score (nSPS) is 15.7. The molecular formula is C22H25N3O6S2. The second-order valence-electron chi connectivity index (χ2n) is 7.94. The number of piperidine rings is 1. The molecule has 2 N–H and O–H groups in total. The van der Waals surface area contributed by atoms with Crippen LogP contribution in [-0.2, 0) is 26.5 Å². The van der Waals surface area contributed by atoms with Gasteiger partial charge in [-0.3, -0.25) is 0 Å². The lowest BCUT2D eigenvalue weighted by Crippen LogP contribution is -2.46. The fourth-order valence-electron chi connectivity index (χ4n) is 4.17. The molecule has 1 saturated heterocycles. The fourth-order valence-corrected chi connectivity index (χ4v) is 7.17. The third-order valence-corrected chi connectivity index (χ3v) is 9.12. The highest BCUT2D eigenvalue weighted by Crippen LogP contribution is 2.32. The molecule has 0 aliphatic carbocycles. The van der Waals surface area contributed by atoms with Gasteiger partial charge in [0.1, 0.15) is 4.90 Å². The Balaban J connectivity index is 1.79. The molecule has 33 heavy (non-hydrogen) atoms. The minimum Gasteiger partial charge on any atom is -0.465 e. The quantitative estimate of drug-likeness (QED) is 0.546. The van der Waals surface area contributed by atoms with Crippen LogP contribution in [-0.4, -0.2) is 56.0 Å². The van der Waals surface area contributed by atoms with E-state index in [2.05, 4.69) is 4.72 Å². The average Bonchev–Trinajstić information content (AvgIpc) is 3.21. The van der Waals surface area contributed by atoms with E-state index in [1.807, 2.05) is 6.92 Å². The van der Waals surface area contributed by atoms with E-state index >= 15 is 0 Å². The molecule has 11 heteroatoms. The van der Waals surface area contributed by atoms with Crippen LogP contribution in [0.4, 0.5) is 4.79 Å². The summed E-state index contributed by atoms with van der Waals surface area (Å²) in [5.41, 5.74) is 1.01. The number of amides is 1. The van der Waals surface area contributed by atoms with Crippen LogP contribution in [0.15, 0.2) is 64.5 Å². The lowest BCUT2D eigenvalue weighted by atomic mass is 10.1. The van der Waals surface area contributed by atoms with Crippen molar-refractivity contribution in [3.8, 4) is 0 Å². The van der Waals surface area contributed by atoms with Crippen LogP contribution in [0, 0.1) is 0 Å². The molecule has 1 aromatic heterocycles. The van der Waals surface area contributed by atoms with Crippen LogP contribution in [0.2, 0.25) is 0 Å². The highest BCUT2D eigenvalue weighted by atomic mass is 32.2. The van der Waals surface area contributed by atoms with Gasteiger partial charge in [-0.25, -0.2) is 30.3 Å². The van der Waals surface area contributed by atoms with E-state index < -0.39 is 32.2 Å². The molecule has 0 spiro atoms. The number of benzene rings is 2. The Morgan fingerprint density at radius 1 is 1.03 bits per heavy atom. The van der Waals surface area contributed by atoms with E-state index in [1.54, 1.807) is 36.4 Å². The molecule has 4 rings (SSSR count). The van der Waals surface area contributed by atoms with Gasteiger partial charge in [0.25, 0.3) is 10.0 Å². The number of sulfonamides is 1. The molecule has 0 unspecified atom stereocenters. The molecule has 2 aromatic carbocycles. The number of hydrogen-bond acceptors (Lipinski definition) is 5. The lowest BCUT2D eigenvalue weighted by molar-refractivity contribution is 0.131. The van der Waals surface area contributed by atoms with Gasteiger partial charge in [0.2, 0.25) is 10.0 Å². The molecule has 0 saturated carbocycles. The van der Waals surface area contributed by atoms with Crippen molar-refractivity contribution in [2.75, 3.05) is 13.1 Å². The summed E-state index contributed by atoms with van der Waals surface area (Å²) in [7, 11) is -8.11. The molecule has 0 radical (unpaired) electrons. The summed E-state index contributed by atoms with van der Waals surface area (Å²) in [5, 5.41) is 9.48. The van der Waals surface area contributed by atoms with E-state index in [1.165, 1.54) is 23.2 Å². The Bertz CT molecular complexity index is 1390. The maximum absolute atomic E-state index is 13.4. The SMILES string of the molecule is CCc1cccc2c1c(S(=O)(=O)NC1CCN(C(=O)O)CC1)cn2S(=O)(=O)c1ccccc1. The largest absolute Gasteiger partial charge is 0.465 e. The van der Waals surface area contributed by atoms with Gasteiger partial charge in [0.05, 0.1) is 10.4 Å². The maximum atomic E-state index is 13.4. The van der Waals surface area contributed by atoms with E-state index in [9.17, 15) is 21.6 Å². The van der Waals surface area contributed by atoms with E-state index in [-0.39, 0.29) is 22.9 Å². The molecule has 3 aromatic rings. The second kappa shape index (κ2) is 8.81. The monoisotopic (exact) mass is 491 g/mol. The summed E-state index contributed by atoms with van der Waals surface area (Å²) in [4.78, 5) is 12.3. The van der Waals surface area contributed by atoms with Crippen molar-refractivity contribution in [2.45, 2.75) is 42.0 Å². The number of fused-ring (bicyclic) bond motifs is 1. The summed E-state index contributed by atoms with van der Waals surface area (Å²) in [6.07, 6.45) is 1.34. The molecule has 176 valence electrons. The van der Waals surface area contributed by atoms with Crippen molar-refractivity contribution in [1.29, 1.82) is 0 Å². The first-order valence-electron chi connectivity index (χ1n) is 10.6. The van der Waals surface area contributed by atoms with Crippen molar-refractivity contribution in [1.82, 2.24) is 13.6 Å². The predicted molar refractivity (Wildman–Crippen MR) is 123 cm³/mol. The van der Waals surface area contributed by atoms with Gasteiger partial charge in [-0.1, -0.05) is 37.3 Å². The molecule has 9 nitrogen and oxygen atoms in total. The molecule has 0 bridgehead atoms. The highest BCUT2D eigenvalue weighted by molar-refractivity contribution is 7.91. The molecule has 1 aliphatic heterocycles. The number of aryl methyl sites for hydroxylation is 1. The third-order valence-electron chi connectivity index (χ3n) is 5.90. The minimum atomic E-state index is -4.08. The van der Waals surface area contributed by atoms with Crippen molar-refractivity contribution in [3.63, 3.8) is 0 Å². The maximum Gasteiger partial charge on any atom is 0.407 e. The van der Waals surface area contributed by atoms with Gasteiger partial charge in [-0.05, 0) is 43.0 Å². The Hall–Kier alpha value is -2.89. The molecule has 0 atom stereocenters. The summed E-state index contributed by atoms with van der Waals surface area (Å²) >= 11 is 0. The van der Waals surface area contributed by atoms with Crippen LogP contribution in [0.5, 0.6) is 0 Å². The number of rotatable bonds is 6. The molecule has 1 amide bonds. The Morgan fingerprint density at radius 3 is 2.30 bits per heavy atom. The number of carbonyl (C=O) groups is 1. The number of hydrogen-bond donors (Lipinski definition) is 2. The van der Waals surface area contributed by atoms with Crippen LogP contribution >= 0.6 is 0 Å². The van der Waals surface area contributed by atoms with Gasteiger partial charge in [0, 0.05) is 30.7 Å². The van der Waals surface area contributed by atoms with Crippen molar-refractivity contribution in [3.05, 3.63) is 60.3 Å². The van der Waals surface area contributed by atoms with E-state index in [4.69, 9.17) is 5.11 Å². The van der Waals surface area contributed by atoms with Gasteiger partial charge < -0.3 is 10.0 Å². The lowest BCUT2D eigenvalue weighted by Gasteiger charge is -2.30. The summed E-state index contributed by atoms with van der Waals surface area (Å²) in [6.45, 7) is 2.34. The number of carboxylic acid groups (broad SMARTS) is 1. The Labute approximate surface area is 192 Å². The summed E-state index contributed by atoms with van der Waals surface area (Å²) in [6, 6.07) is 12.5. The van der Waals surface area contributed by atoms with E-state index in [0.717, 1.165) is 9.54 Å². The Kier molecular flexibility index (Phi) is 6.21. The van der Waals surface area contributed by atoms with Gasteiger partial charge in [-0.2, -0.15) is 0 Å². The van der Waals surface area contributed by atoms with Crippen LogP contribution in [0.3, 0.4) is 0 Å². The first kappa shape index (κ1) is 23.3. The zero-order valence-electron chi connectivity index (χ0n) is 18.0. The topological polar surface area (TPSA) is 126 Å². The van der Waals surface area contributed by atoms with Crippen LogP contribution in [0.1, 0.15) is 25.3 Å². The van der Waals surface area contributed by atoms with Gasteiger partial charge in [0.15, 0.2) is 0 Å². The predicted octanol–water partition coefficient (Wildman–Crippen LogP) is 2.86. The number of nitrogens with zero attached hydrogens (tertiary/aromatic N) is 2. The smallest absolute Gasteiger partial charge is 0.407 e. The standard InChI is InChI=1S/C22H25N3O6S2/c1-2-16-7-6-10-19-21(16)20(15-25(19)33(30,31)18-8-4-3-5-9-18)32(28,29)23-17-11-13-24(14-12-17)22(26)27/h3-10,15,17,23H,2,11-14H2,1H3,(H,26,27). The van der Waals surface area contributed by atoms with Gasteiger partial charge in [-0.15, -0.1) is 0 Å². The molecule has 1 fully saturated rings. The molecule has 2 heterocycles. The first-order valence-corrected chi connectivity index (χ1v) is 13.5. The zero-order chi connectivity index (χ0) is 23.8. The van der Waals surface area contributed by atoms with Crippen molar-refractivity contribution >= 4 is 37.0 Å². The average molecular weight is 492 g/mol. The fraction of sp³-hybridized carbons (Fsp3) is 0.318. The number of aromatic nitrogens is 1. The molecule has 1 aliphatic rings. The third kappa shape index (κ3) is 4.35. The zero-order valence-corrected chi connectivity index (χ0v) is 19.6. The Morgan fingerprint density at radius 2 is 1.70 bits per heavy atom. The summed E-state index contributed by atoms with van der Waals surface area (Å²) < 4.78 is 57.3. The minimum absolute atomic E-state index is 0.0572. The van der Waals surface area contributed by atoms with Crippen molar-refractivity contribution < 1.29 is 26.7 Å². The first-order chi connectivity index (χ1) is 15.6. The summed E-state index contributed by atoms with van der Waals surface area (Å²) in [5.74, 6) is 0. The number of nitrogens with one attached hydrogen (secondary N) is 1. The van der Waals surface area contributed by atoms with Crippen LogP contribution in [0.25, 0.3) is 10.9 Å². The van der Waals surface area contributed by atoms with Gasteiger partial charge >= 0.3 is 6.09 Å². The number of likely N-dealkylation sites (tertiary alicyclic amines) is 1. The highest BCUT2D eigenvalue weighted by Gasteiger charge is 2.31. The van der Waals surface area contributed by atoms with Crippen molar-refractivity contribution in [2.24, 2.45) is 0 Å². The molecular weight excluding hydrogens is 466 g/mol. The van der Waals surface area contributed by atoms with Crippen LogP contribution < -0.4 is 4.72 Å². The van der Waals surface area contributed by atoms with E-state index in [0.29, 0.717) is 30.2 Å². The second-order valence-corrected chi connectivity index (χ2v) is 11.4.